The third-order valence-electron chi connectivity index (χ3n) is 6.37. The van der Waals surface area contributed by atoms with Gasteiger partial charge in [0.2, 0.25) is 11.8 Å². The van der Waals surface area contributed by atoms with Crippen LogP contribution in [0.1, 0.15) is 30.4 Å². The summed E-state index contributed by atoms with van der Waals surface area (Å²) in [6, 6.07) is 19.3. The fourth-order valence-corrected chi connectivity index (χ4v) is 5.23. The lowest BCUT2D eigenvalue weighted by Crippen LogP contribution is -2.45. The summed E-state index contributed by atoms with van der Waals surface area (Å²) in [5, 5.41) is 14.5. The number of allylic oxidation sites excluding steroid dienone is 2. The van der Waals surface area contributed by atoms with Gasteiger partial charge >= 0.3 is 5.97 Å². The van der Waals surface area contributed by atoms with E-state index in [1.807, 2.05) is 60.7 Å². The molecule has 0 saturated carbocycles. The molecular formula is C33H44N2O6S. The molecule has 0 aromatic heterocycles. The average molecular weight is 597 g/mol. The smallest absolute Gasteiger partial charge is 0.309 e. The van der Waals surface area contributed by atoms with Crippen LogP contribution in [0.25, 0.3) is 0 Å². The first-order chi connectivity index (χ1) is 20.5. The Morgan fingerprint density at radius 1 is 0.905 bits per heavy atom. The van der Waals surface area contributed by atoms with Crippen molar-refractivity contribution in [3.63, 3.8) is 0 Å². The normalized spacial score (nSPS) is 12.9. The molecule has 2 amide bonds. The predicted octanol–water partition coefficient (Wildman–Crippen LogP) is 4.09. The Labute approximate surface area is 254 Å². The van der Waals surface area contributed by atoms with Crippen LogP contribution in [0.15, 0.2) is 86.0 Å². The zero-order valence-electron chi connectivity index (χ0n) is 24.2. The van der Waals surface area contributed by atoms with E-state index in [1.165, 1.54) is 0 Å². The number of aliphatic hydroxyl groups is 1. The van der Waals surface area contributed by atoms with Gasteiger partial charge in [0.05, 0.1) is 37.7 Å². The first-order valence-electron chi connectivity index (χ1n) is 14.3. The molecule has 2 aromatic rings. The number of thioether (sulfide) groups is 1. The molecule has 228 valence electrons. The molecule has 2 rings (SSSR count). The molecule has 0 radical (unpaired) electrons. The van der Waals surface area contributed by atoms with Gasteiger partial charge in [-0.2, -0.15) is 11.8 Å². The molecule has 0 heterocycles. The number of hydrogen-bond donors (Lipinski definition) is 3. The number of nitrogens with one attached hydrogen (secondary N) is 2. The molecule has 0 bridgehead atoms. The Hall–Kier alpha value is -3.40. The zero-order valence-corrected chi connectivity index (χ0v) is 25.1. The lowest BCUT2D eigenvalue weighted by Gasteiger charge is -2.23. The van der Waals surface area contributed by atoms with Gasteiger partial charge in [0.1, 0.15) is 6.61 Å². The van der Waals surface area contributed by atoms with E-state index in [9.17, 15) is 14.4 Å². The summed E-state index contributed by atoms with van der Waals surface area (Å²) in [6.07, 6.45) is 4.66. The minimum Gasteiger partial charge on any atom is -0.463 e. The van der Waals surface area contributed by atoms with Gasteiger partial charge in [0.25, 0.3) is 0 Å². The topological polar surface area (TPSA) is 114 Å². The predicted molar refractivity (Wildman–Crippen MR) is 168 cm³/mol. The van der Waals surface area contributed by atoms with Gasteiger partial charge in [-0.15, -0.1) is 13.2 Å². The molecule has 3 N–H and O–H groups in total. The number of hydrogen-bond acceptors (Lipinski definition) is 7. The number of carbonyl (C=O) groups is 3. The third-order valence-corrected chi connectivity index (χ3v) is 7.55. The summed E-state index contributed by atoms with van der Waals surface area (Å²) >= 11 is 1.63. The van der Waals surface area contributed by atoms with E-state index >= 15 is 0 Å². The van der Waals surface area contributed by atoms with Crippen molar-refractivity contribution in [2.75, 3.05) is 38.7 Å². The number of rotatable bonds is 22. The van der Waals surface area contributed by atoms with Gasteiger partial charge < -0.3 is 25.2 Å². The van der Waals surface area contributed by atoms with E-state index in [0.29, 0.717) is 25.0 Å². The van der Waals surface area contributed by atoms with Crippen molar-refractivity contribution < 1.29 is 29.0 Å². The van der Waals surface area contributed by atoms with Gasteiger partial charge in [0, 0.05) is 24.5 Å². The van der Waals surface area contributed by atoms with E-state index < -0.39 is 12.0 Å². The zero-order chi connectivity index (χ0) is 30.4. The van der Waals surface area contributed by atoms with Crippen LogP contribution in [-0.2, 0) is 36.0 Å². The van der Waals surface area contributed by atoms with E-state index in [1.54, 1.807) is 23.9 Å². The maximum Gasteiger partial charge on any atom is 0.309 e. The Morgan fingerprint density at radius 3 is 2.19 bits per heavy atom. The van der Waals surface area contributed by atoms with Gasteiger partial charge in [-0.3, -0.25) is 14.4 Å². The molecule has 9 heteroatoms. The standard InChI is InChI=1S/C33H44N2O6S/c1-3-11-28(22-31(37)34-17-19-40-20-18-36)32(38)35-30(25-42-24-27-15-9-6-10-16-27)23-41-33(39)29(12-4-2)21-26-13-7-5-8-14-26/h3-10,13-16,28-30,36H,1-2,11-12,17-25H2,(H,34,37)(H,35,38)/t28-,29-,30+/m0/s1. The number of benzene rings is 2. The minimum absolute atomic E-state index is 0.0139. The van der Waals surface area contributed by atoms with Crippen LogP contribution in [0.4, 0.5) is 0 Å². The summed E-state index contributed by atoms with van der Waals surface area (Å²) in [6.45, 7) is 8.22. The molecule has 0 aliphatic heterocycles. The van der Waals surface area contributed by atoms with Crippen LogP contribution in [0.2, 0.25) is 0 Å². The highest BCUT2D eigenvalue weighted by Gasteiger charge is 2.25. The lowest BCUT2D eigenvalue weighted by atomic mass is 9.96. The molecule has 42 heavy (non-hydrogen) atoms. The molecule has 0 spiro atoms. The van der Waals surface area contributed by atoms with E-state index in [4.69, 9.17) is 14.6 Å². The van der Waals surface area contributed by atoms with Crippen LogP contribution >= 0.6 is 11.8 Å². The molecule has 8 nitrogen and oxygen atoms in total. The van der Waals surface area contributed by atoms with Crippen molar-refractivity contribution in [1.82, 2.24) is 10.6 Å². The number of ether oxygens (including phenoxy) is 2. The fraction of sp³-hybridized carbons (Fsp3) is 0.424. The van der Waals surface area contributed by atoms with Crippen LogP contribution in [0, 0.1) is 11.8 Å². The van der Waals surface area contributed by atoms with Crippen molar-refractivity contribution >= 4 is 29.5 Å². The Morgan fingerprint density at radius 2 is 1.55 bits per heavy atom. The van der Waals surface area contributed by atoms with Crippen molar-refractivity contribution in [2.45, 2.75) is 37.5 Å². The fourth-order valence-electron chi connectivity index (χ4n) is 4.22. The summed E-state index contributed by atoms with van der Waals surface area (Å²) in [4.78, 5) is 38.9. The van der Waals surface area contributed by atoms with Crippen LogP contribution < -0.4 is 10.6 Å². The number of aliphatic hydroxyl groups excluding tert-OH is 1. The number of amides is 2. The van der Waals surface area contributed by atoms with Crippen molar-refractivity contribution in [1.29, 1.82) is 0 Å². The minimum atomic E-state index is -0.621. The van der Waals surface area contributed by atoms with E-state index in [2.05, 4.69) is 23.8 Å². The maximum absolute atomic E-state index is 13.3. The molecule has 2 aromatic carbocycles. The Kier molecular flexibility index (Phi) is 17.7. The van der Waals surface area contributed by atoms with Crippen LogP contribution in [0.3, 0.4) is 0 Å². The lowest BCUT2D eigenvalue weighted by molar-refractivity contribution is -0.149. The van der Waals surface area contributed by atoms with Crippen molar-refractivity contribution in [2.24, 2.45) is 11.8 Å². The van der Waals surface area contributed by atoms with Gasteiger partial charge in [0.15, 0.2) is 0 Å². The summed E-state index contributed by atoms with van der Waals surface area (Å²) in [5.41, 5.74) is 2.19. The van der Waals surface area contributed by atoms with E-state index in [-0.39, 0.29) is 63.1 Å². The second kappa shape index (κ2) is 21.3. The Balaban J connectivity index is 2.01. The maximum atomic E-state index is 13.3. The first-order valence-corrected chi connectivity index (χ1v) is 15.4. The highest BCUT2D eigenvalue weighted by atomic mass is 32.2. The van der Waals surface area contributed by atoms with Crippen LogP contribution in [-0.4, -0.2) is 67.7 Å². The van der Waals surface area contributed by atoms with Crippen molar-refractivity contribution in [3.8, 4) is 0 Å². The molecule has 0 unspecified atom stereocenters. The van der Waals surface area contributed by atoms with E-state index in [0.717, 1.165) is 16.9 Å². The summed E-state index contributed by atoms with van der Waals surface area (Å²) < 4.78 is 10.9. The second-order valence-corrected chi connectivity index (χ2v) is 10.9. The number of carbonyl (C=O) groups excluding carboxylic acids is 3. The summed E-state index contributed by atoms with van der Waals surface area (Å²) in [7, 11) is 0. The SMILES string of the molecule is C=CC[C@@H](CC(=O)NCCOCCO)C(=O)N[C@H](COC(=O)[C@@H](CC=C)Cc1ccccc1)CSCc1ccccc1. The first kappa shape index (κ1) is 34.8. The second-order valence-electron chi connectivity index (χ2n) is 9.86. The highest BCUT2D eigenvalue weighted by molar-refractivity contribution is 7.98. The molecule has 0 saturated heterocycles. The van der Waals surface area contributed by atoms with Crippen molar-refractivity contribution in [3.05, 3.63) is 97.1 Å². The largest absolute Gasteiger partial charge is 0.463 e. The molecular weight excluding hydrogens is 552 g/mol. The quantitative estimate of drug-likeness (QED) is 0.107. The third kappa shape index (κ3) is 14.5. The molecule has 0 aliphatic carbocycles. The van der Waals surface area contributed by atoms with Gasteiger partial charge in [-0.05, 0) is 30.4 Å². The summed E-state index contributed by atoms with van der Waals surface area (Å²) in [5.74, 6) is -0.647. The molecule has 0 aliphatic rings. The van der Waals surface area contributed by atoms with Crippen LogP contribution in [0.5, 0.6) is 0 Å². The number of esters is 1. The highest BCUT2D eigenvalue weighted by Crippen LogP contribution is 2.18. The molecule has 3 atom stereocenters. The molecule has 0 fully saturated rings. The Bertz CT molecular complexity index is 1080. The monoisotopic (exact) mass is 596 g/mol. The van der Waals surface area contributed by atoms with Gasteiger partial charge in [-0.1, -0.05) is 72.8 Å². The van der Waals surface area contributed by atoms with Gasteiger partial charge in [-0.25, -0.2) is 0 Å². The average Bonchev–Trinajstić information content (AvgIpc) is 3.00.